The minimum absolute atomic E-state index is 0.0511. The van der Waals surface area contributed by atoms with Crippen LogP contribution in [0.3, 0.4) is 0 Å². The van der Waals surface area contributed by atoms with E-state index in [2.05, 4.69) is 10.2 Å². The number of fused-ring (bicyclic) bond motifs is 1. The van der Waals surface area contributed by atoms with Crippen molar-refractivity contribution in [2.75, 3.05) is 32.8 Å². The Bertz CT molecular complexity index is 450. The number of carboxylic acid groups (broad SMARTS) is 1. The van der Waals surface area contributed by atoms with Gasteiger partial charge in [-0.2, -0.15) is 0 Å². The van der Waals surface area contributed by atoms with Crippen LogP contribution in [0.1, 0.15) is 44.9 Å². The molecule has 3 fully saturated rings. The lowest BCUT2D eigenvalue weighted by molar-refractivity contribution is -0.157. The Morgan fingerprint density at radius 1 is 1.26 bits per heavy atom. The molecule has 6 heteroatoms. The van der Waals surface area contributed by atoms with Gasteiger partial charge in [-0.1, -0.05) is 19.3 Å². The Kier molecular flexibility index (Phi) is 5.21. The summed E-state index contributed by atoms with van der Waals surface area (Å²) in [6.07, 6.45) is 6.92. The van der Waals surface area contributed by atoms with Gasteiger partial charge in [0.25, 0.3) is 0 Å². The fraction of sp³-hybridized carbons (Fsp3) is 0.882. The molecule has 0 aromatic rings. The maximum atomic E-state index is 12.1. The van der Waals surface area contributed by atoms with Crippen LogP contribution in [-0.2, 0) is 14.3 Å². The summed E-state index contributed by atoms with van der Waals surface area (Å²) in [5.41, 5.74) is -0.669. The van der Waals surface area contributed by atoms with Crippen LogP contribution in [0.5, 0.6) is 0 Å². The third kappa shape index (κ3) is 3.69. The van der Waals surface area contributed by atoms with Gasteiger partial charge in [0.2, 0.25) is 5.91 Å². The molecule has 0 aromatic heterocycles. The average molecular weight is 324 g/mol. The van der Waals surface area contributed by atoms with E-state index in [1.807, 2.05) is 0 Å². The van der Waals surface area contributed by atoms with Crippen LogP contribution < -0.4 is 5.32 Å². The van der Waals surface area contributed by atoms with E-state index in [0.29, 0.717) is 45.2 Å². The number of nitrogens with zero attached hydrogens (tertiary/aromatic N) is 1. The summed E-state index contributed by atoms with van der Waals surface area (Å²) in [7, 11) is 0. The molecule has 0 unspecified atom stereocenters. The van der Waals surface area contributed by atoms with Crippen LogP contribution in [0.25, 0.3) is 0 Å². The molecule has 130 valence electrons. The second kappa shape index (κ2) is 7.18. The van der Waals surface area contributed by atoms with E-state index in [1.54, 1.807) is 0 Å². The van der Waals surface area contributed by atoms with Crippen molar-refractivity contribution in [2.24, 2.45) is 11.3 Å². The van der Waals surface area contributed by atoms with E-state index < -0.39 is 11.4 Å². The molecule has 0 radical (unpaired) electrons. The smallest absolute Gasteiger partial charge is 0.311 e. The molecule has 1 saturated carbocycles. The van der Waals surface area contributed by atoms with Crippen molar-refractivity contribution in [3.05, 3.63) is 0 Å². The first-order valence-corrected chi connectivity index (χ1v) is 8.93. The number of likely N-dealkylation sites (tertiary alicyclic amines) is 1. The number of ether oxygens (including phenoxy) is 1. The van der Waals surface area contributed by atoms with E-state index in [4.69, 9.17) is 4.74 Å². The number of aliphatic carboxylic acids is 1. The monoisotopic (exact) mass is 324 g/mol. The van der Waals surface area contributed by atoms with Crippen LogP contribution in [0, 0.1) is 11.3 Å². The zero-order chi connectivity index (χ0) is 16.3. The van der Waals surface area contributed by atoms with Crippen molar-refractivity contribution < 1.29 is 19.4 Å². The number of carbonyl (C=O) groups excluding carboxylic acids is 1. The molecule has 0 bridgehead atoms. The lowest BCUT2D eigenvalue weighted by Crippen LogP contribution is -2.45. The highest BCUT2D eigenvalue weighted by molar-refractivity contribution is 5.77. The van der Waals surface area contributed by atoms with Gasteiger partial charge >= 0.3 is 5.97 Å². The zero-order valence-electron chi connectivity index (χ0n) is 13.8. The molecule has 1 amide bonds. The highest BCUT2D eigenvalue weighted by Gasteiger charge is 2.53. The molecule has 3 rings (SSSR count). The normalized spacial score (nSPS) is 32.4. The summed E-state index contributed by atoms with van der Waals surface area (Å²) >= 11 is 0. The van der Waals surface area contributed by atoms with Gasteiger partial charge in [-0.3, -0.25) is 9.59 Å². The van der Waals surface area contributed by atoms with Gasteiger partial charge < -0.3 is 20.1 Å². The molecule has 2 N–H and O–H groups in total. The lowest BCUT2D eigenvalue weighted by Gasteiger charge is -2.34. The number of carboxylic acids is 1. The van der Waals surface area contributed by atoms with Crippen LogP contribution in [0.2, 0.25) is 0 Å². The topological polar surface area (TPSA) is 78.9 Å². The van der Waals surface area contributed by atoms with Gasteiger partial charge in [-0.05, 0) is 19.3 Å². The molecule has 0 aromatic carbocycles. The summed E-state index contributed by atoms with van der Waals surface area (Å²) in [5.74, 6) is -0.553. The van der Waals surface area contributed by atoms with Gasteiger partial charge in [0.15, 0.2) is 0 Å². The van der Waals surface area contributed by atoms with Crippen LogP contribution in [-0.4, -0.2) is 60.8 Å². The molecule has 2 atom stereocenters. The average Bonchev–Trinajstić information content (AvgIpc) is 2.94. The number of amides is 1. The van der Waals surface area contributed by atoms with Crippen LogP contribution in [0.15, 0.2) is 0 Å². The fourth-order valence-electron chi connectivity index (χ4n) is 4.38. The number of carbonyl (C=O) groups is 2. The van der Waals surface area contributed by atoms with Gasteiger partial charge in [0.05, 0.1) is 12.0 Å². The third-order valence-electron chi connectivity index (χ3n) is 5.83. The van der Waals surface area contributed by atoms with Crippen molar-refractivity contribution >= 4 is 11.9 Å². The number of hydrogen-bond acceptors (Lipinski definition) is 4. The summed E-state index contributed by atoms with van der Waals surface area (Å²) < 4.78 is 5.46. The summed E-state index contributed by atoms with van der Waals surface area (Å²) in [5, 5.41) is 12.8. The van der Waals surface area contributed by atoms with Gasteiger partial charge in [-0.25, -0.2) is 0 Å². The van der Waals surface area contributed by atoms with Gasteiger partial charge in [0.1, 0.15) is 0 Å². The van der Waals surface area contributed by atoms with E-state index in [-0.39, 0.29) is 11.8 Å². The van der Waals surface area contributed by atoms with Crippen molar-refractivity contribution in [1.29, 1.82) is 0 Å². The highest BCUT2D eigenvalue weighted by Crippen LogP contribution is 2.42. The Labute approximate surface area is 137 Å². The number of rotatable bonds is 5. The molecule has 0 spiro atoms. The first kappa shape index (κ1) is 16.7. The Morgan fingerprint density at radius 2 is 2.04 bits per heavy atom. The van der Waals surface area contributed by atoms with Crippen molar-refractivity contribution in [3.8, 4) is 0 Å². The van der Waals surface area contributed by atoms with Gasteiger partial charge in [-0.15, -0.1) is 0 Å². The second-order valence-electron chi connectivity index (χ2n) is 7.37. The summed E-state index contributed by atoms with van der Waals surface area (Å²) in [4.78, 5) is 26.0. The second-order valence-corrected chi connectivity index (χ2v) is 7.37. The molecular weight excluding hydrogens is 296 g/mol. The maximum Gasteiger partial charge on any atom is 0.311 e. The zero-order valence-corrected chi connectivity index (χ0v) is 13.8. The molecule has 2 heterocycles. The largest absolute Gasteiger partial charge is 0.481 e. The molecule has 6 nitrogen and oxygen atoms in total. The first-order chi connectivity index (χ1) is 11.1. The van der Waals surface area contributed by atoms with Crippen LogP contribution >= 0.6 is 0 Å². The van der Waals surface area contributed by atoms with Gasteiger partial charge in [0, 0.05) is 44.6 Å². The molecule has 2 saturated heterocycles. The Balaban J connectivity index is 1.47. The first-order valence-electron chi connectivity index (χ1n) is 8.93. The minimum atomic E-state index is -0.708. The lowest BCUT2D eigenvalue weighted by atomic mass is 9.74. The Morgan fingerprint density at radius 3 is 2.74 bits per heavy atom. The quantitative estimate of drug-likeness (QED) is 0.796. The van der Waals surface area contributed by atoms with E-state index in [1.165, 1.54) is 19.3 Å². The van der Waals surface area contributed by atoms with Crippen LogP contribution in [0.4, 0.5) is 0 Å². The molecule has 23 heavy (non-hydrogen) atoms. The third-order valence-corrected chi connectivity index (χ3v) is 5.83. The standard InChI is InChI=1S/C17H28N2O4/c20-15(18-14-4-2-1-3-5-14)6-8-19-10-13-11-23-9-7-17(13,12-19)16(21)22/h13-14H,1-12H2,(H,18,20)(H,21,22)/t13-,17+/m1/s1. The predicted octanol–water partition coefficient (Wildman–Crippen LogP) is 1.25. The molecule has 2 aliphatic heterocycles. The van der Waals surface area contributed by atoms with E-state index >= 15 is 0 Å². The SMILES string of the molecule is O=C(CCN1C[C@@H]2COCC[C@]2(C(=O)O)C1)NC1CCCCC1. The summed E-state index contributed by atoms with van der Waals surface area (Å²) in [6.45, 7) is 2.97. The fourth-order valence-corrected chi connectivity index (χ4v) is 4.38. The van der Waals surface area contributed by atoms with E-state index in [0.717, 1.165) is 19.4 Å². The minimum Gasteiger partial charge on any atom is -0.481 e. The van der Waals surface area contributed by atoms with Crippen molar-refractivity contribution in [1.82, 2.24) is 10.2 Å². The number of nitrogens with one attached hydrogen (secondary N) is 1. The Hall–Kier alpha value is -1.14. The van der Waals surface area contributed by atoms with Crippen molar-refractivity contribution in [3.63, 3.8) is 0 Å². The van der Waals surface area contributed by atoms with Crippen molar-refractivity contribution in [2.45, 2.75) is 51.0 Å². The summed E-state index contributed by atoms with van der Waals surface area (Å²) in [6, 6.07) is 0.344. The maximum absolute atomic E-state index is 12.1. The predicted molar refractivity (Wildman–Crippen MR) is 85.1 cm³/mol. The molecular formula is C17H28N2O4. The molecule has 3 aliphatic rings. The number of hydrogen-bond donors (Lipinski definition) is 2. The highest BCUT2D eigenvalue weighted by atomic mass is 16.5. The van der Waals surface area contributed by atoms with E-state index in [9.17, 15) is 14.7 Å². The molecule has 1 aliphatic carbocycles.